The molecule has 2 fully saturated rings. The second-order valence-corrected chi connectivity index (χ2v) is 5.70. The molecule has 2 aliphatic heterocycles. The van der Waals surface area contributed by atoms with Crippen LogP contribution in [0.3, 0.4) is 0 Å². The number of carbonyl (C=O) groups is 2. The summed E-state index contributed by atoms with van der Waals surface area (Å²) in [5.41, 5.74) is 6.32. The number of H-pyrrole nitrogens is 1. The van der Waals surface area contributed by atoms with Crippen LogP contribution in [0.1, 0.15) is 47.8 Å². The number of piperidine rings is 1. The van der Waals surface area contributed by atoms with Crippen molar-refractivity contribution in [1.29, 1.82) is 0 Å². The Kier molecular flexibility index (Phi) is 3.92. The van der Waals surface area contributed by atoms with E-state index in [1.54, 1.807) is 6.07 Å². The Hall–Kier alpha value is -1.89. The highest BCUT2D eigenvalue weighted by Crippen LogP contribution is 2.27. The lowest BCUT2D eigenvalue weighted by Gasteiger charge is -2.33. The molecule has 7 nitrogen and oxygen atoms in total. The van der Waals surface area contributed by atoms with Crippen molar-refractivity contribution >= 4 is 11.8 Å². The molecule has 3 rings (SSSR count). The largest absolute Gasteiger partial charge is 0.368 e. The van der Waals surface area contributed by atoms with Crippen LogP contribution in [-0.4, -0.2) is 52.7 Å². The van der Waals surface area contributed by atoms with E-state index in [0.29, 0.717) is 13.2 Å². The fourth-order valence-corrected chi connectivity index (χ4v) is 3.08. The van der Waals surface area contributed by atoms with Gasteiger partial charge in [0.25, 0.3) is 11.8 Å². The third-order valence-electron chi connectivity index (χ3n) is 4.23. The molecule has 0 aromatic carbocycles. The number of rotatable bonds is 3. The van der Waals surface area contributed by atoms with Gasteiger partial charge in [-0.05, 0) is 31.7 Å². The SMILES string of the molecule is NC(=O)c1cc([C@H]2CCCN(C(=O)[C@H]3CCCO3)C2)[nH]n1. The monoisotopic (exact) mass is 292 g/mol. The van der Waals surface area contributed by atoms with Crippen LogP contribution in [0.15, 0.2) is 6.07 Å². The molecule has 0 radical (unpaired) electrons. The number of aromatic amines is 1. The number of hydrogen-bond acceptors (Lipinski definition) is 4. The van der Waals surface area contributed by atoms with Crippen molar-refractivity contribution in [2.24, 2.45) is 5.73 Å². The molecule has 2 aliphatic rings. The molecule has 2 atom stereocenters. The number of primary amides is 1. The van der Waals surface area contributed by atoms with Crippen LogP contribution in [0.25, 0.3) is 0 Å². The summed E-state index contributed by atoms with van der Waals surface area (Å²) in [4.78, 5) is 25.4. The third kappa shape index (κ3) is 2.92. The second-order valence-electron chi connectivity index (χ2n) is 5.70. The van der Waals surface area contributed by atoms with Crippen LogP contribution in [0.4, 0.5) is 0 Å². The van der Waals surface area contributed by atoms with Crippen molar-refractivity contribution < 1.29 is 14.3 Å². The Morgan fingerprint density at radius 1 is 1.38 bits per heavy atom. The number of likely N-dealkylation sites (tertiary alicyclic amines) is 1. The van der Waals surface area contributed by atoms with Gasteiger partial charge in [0, 0.05) is 31.3 Å². The molecule has 2 amide bonds. The predicted molar refractivity (Wildman–Crippen MR) is 74.6 cm³/mol. The summed E-state index contributed by atoms with van der Waals surface area (Å²) in [5, 5.41) is 6.78. The lowest BCUT2D eigenvalue weighted by atomic mass is 9.94. The first kappa shape index (κ1) is 14.1. The zero-order valence-electron chi connectivity index (χ0n) is 11.9. The van der Waals surface area contributed by atoms with Gasteiger partial charge >= 0.3 is 0 Å². The smallest absolute Gasteiger partial charge is 0.269 e. The van der Waals surface area contributed by atoms with E-state index in [1.165, 1.54) is 0 Å². The minimum Gasteiger partial charge on any atom is -0.368 e. The fraction of sp³-hybridized carbons (Fsp3) is 0.643. The van der Waals surface area contributed by atoms with Crippen LogP contribution < -0.4 is 5.73 Å². The standard InChI is InChI=1S/C14H20N4O3/c15-13(19)11-7-10(16-17-11)9-3-1-5-18(8-9)14(20)12-4-2-6-21-12/h7,9,12H,1-6,8H2,(H2,15,19)(H,16,17)/t9-,12+/m0/s1. The number of ether oxygens (including phenoxy) is 1. The van der Waals surface area contributed by atoms with Crippen LogP contribution in [-0.2, 0) is 9.53 Å². The zero-order chi connectivity index (χ0) is 14.8. The number of hydrogen-bond donors (Lipinski definition) is 2. The van der Waals surface area contributed by atoms with Gasteiger partial charge in [-0.2, -0.15) is 5.10 Å². The zero-order valence-corrected chi connectivity index (χ0v) is 11.9. The molecule has 3 N–H and O–H groups in total. The Morgan fingerprint density at radius 3 is 2.90 bits per heavy atom. The lowest BCUT2D eigenvalue weighted by molar-refractivity contribution is -0.142. The average molecular weight is 292 g/mol. The third-order valence-corrected chi connectivity index (χ3v) is 4.23. The first-order chi connectivity index (χ1) is 10.1. The van der Waals surface area contributed by atoms with Gasteiger partial charge in [0.2, 0.25) is 0 Å². The Labute approximate surface area is 122 Å². The summed E-state index contributed by atoms with van der Waals surface area (Å²) in [6, 6.07) is 1.69. The van der Waals surface area contributed by atoms with Gasteiger partial charge in [0.05, 0.1) is 0 Å². The van der Waals surface area contributed by atoms with Crippen molar-refractivity contribution in [1.82, 2.24) is 15.1 Å². The molecule has 21 heavy (non-hydrogen) atoms. The maximum absolute atomic E-state index is 12.4. The highest BCUT2D eigenvalue weighted by atomic mass is 16.5. The molecule has 1 aromatic heterocycles. The van der Waals surface area contributed by atoms with Gasteiger partial charge in [-0.1, -0.05) is 0 Å². The molecule has 7 heteroatoms. The van der Waals surface area contributed by atoms with E-state index in [-0.39, 0.29) is 23.6 Å². The Bertz CT molecular complexity index is 536. The average Bonchev–Trinajstić information content (AvgIpc) is 3.18. The van der Waals surface area contributed by atoms with Crippen LogP contribution in [0.5, 0.6) is 0 Å². The summed E-state index contributed by atoms with van der Waals surface area (Å²) in [6.07, 6.45) is 3.40. The fourth-order valence-electron chi connectivity index (χ4n) is 3.08. The van der Waals surface area contributed by atoms with E-state index < -0.39 is 5.91 Å². The van der Waals surface area contributed by atoms with Crippen molar-refractivity contribution in [2.45, 2.75) is 37.7 Å². The molecule has 0 spiro atoms. The molecular weight excluding hydrogens is 272 g/mol. The minimum absolute atomic E-state index is 0.0897. The molecular formula is C14H20N4O3. The maximum atomic E-state index is 12.4. The molecule has 1 aromatic rings. The second kappa shape index (κ2) is 5.85. The maximum Gasteiger partial charge on any atom is 0.269 e. The van der Waals surface area contributed by atoms with Gasteiger partial charge in [-0.3, -0.25) is 14.7 Å². The molecule has 2 saturated heterocycles. The van der Waals surface area contributed by atoms with Gasteiger partial charge in [-0.25, -0.2) is 0 Å². The van der Waals surface area contributed by atoms with Crippen LogP contribution in [0.2, 0.25) is 0 Å². The molecule has 0 unspecified atom stereocenters. The van der Waals surface area contributed by atoms with E-state index in [4.69, 9.17) is 10.5 Å². The Balaban J connectivity index is 1.67. The van der Waals surface area contributed by atoms with Gasteiger partial charge in [0.1, 0.15) is 11.8 Å². The van der Waals surface area contributed by atoms with Crippen LogP contribution in [0, 0.1) is 0 Å². The first-order valence-electron chi connectivity index (χ1n) is 7.40. The highest BCUT2D eigenvalue weighted by molar-refractivity contribution is 5.90. The number of aromatic nitrogens is 2. The Morgan fingerprint density at radius 2 is 2.24 bits per heavy atom. The molecule has 3 heterocycles. The quantitative estimate of drug-likeness (QED) is 0.841. The summed E-state index contributed by atoms with van der Waals surface area (Å²) < 4.78 is 5.47. The molecule has 114 valence electrons. The normalized spacial score (nSPS) is 26.0. The lowest BCUT2D eigenvalue weighted by Crippen LogP contribution is -2.44. The minimum atomic E-state index is -0.541. The van der Waals surface area contributed by atoms with Gasteiger partial charge < -0.3 is 15.4 Å². The van der Waals surface area contributed by atoms with E-state index in [0.717, 1.165) is 37.9 Å². The highest BCUT2D eigenvalue weighted by Gasteiger charge is 2.32. The predicted octanol–water partition coefficient (Wildman–Crippen LogP) is 0.394. The van der Waals surface area contributed by atoms with Crippen LogP contribution >= 0.6 is 0 Å². The number of carbonyl (C=O) groups excluding carboxylic acids is 2. The van der Waals surface area contributed by atoms with Gasteiger partial charge in [0.15, 0.2) is 0 Å². The number of nitrogens with two attached hydrogens (primary N) is 1. The molecule has 0 bridgehead atoms. The van der Waals surface area contributed by atoms with Crippen molar-refractivity contribution in [3.8, 4) is 0 Å². The van der Waals surface area contributed by atoms with Crippen molar-refractivity contribution in [2.75, 3.05) is 19.7 Å². The number of amides is 2. The van der Waals surface area contributed by atoms with E-state index in [9.17, 15) is 9.59 Å². The first-order valence-corrected chi connectivity index (χ1v) is 7.40. The topological polar surface area (TPSA) is 101 Å². The molecule has 0 aliphatic carbocycles. The number of nitrogens with one attached hydrogen (secondary N) is 1. The summed E-state index contributed by atoms with van der Waals surface area (Å²) in [7, 11) is 0. The molecule has 0 saturated carbocycles. The van der Waals surface area contributed by atoms with Crippen molar-refractivity contribution in [3.63, 3.8) is 0 Å². The van der Waals surface area contributed by atoms with Gasteiger partial charge in [-0.15, -0.1) is 0 Å². The van der Waals surface area contributed by atoms with E-state index in [2.05, 4.69) is 10.2 Å². The van der Waals surface area contributed by atoms with E-state index >= 15 is 0 Å². The number of nitrogens with zero attached hydrogens (tertiary/aromatic N) is 2. The van der Waals surface area contributed by atoms with E-state index in [1.807, 2.05) is 4.90 Å². The summed E-state index contributed by atoms with van der Waals surface area (Å²) in [6.45, 7) is 2.08. The van der Waals surface area contributed by atoms with Crippen molar-refractivity contribution in [3.05, 3.63) is 17.5 Å². The summed E-state index contributed by atoms with van der Waals surface area (Å²) in [5.74, 6) is -0.280. The summed E-state index contributed by atoms with van der Waals surface area (Å²) >= 11 is 0.